The van der Waals surface area contributed by atoms with E-state index in [0.717, 1.165) is 28.0 Å². The van der Waals surface area contributed by atoms with Crippen molar-refractivity contribution in [1.82, 2.24) is 15.2 Å². The number of carboxylic acids is 1. The molecule has 0 radical (unpaired) electrons. The van der Waals surface area contributed by atoms with Crippen LogP contribution in [0.25, 0.3) is 0 Å². The predicted octanol–water partition coefficient (Wildman–Crippen LogP) is -0.622. The molecule has 1 aromatic heterocycles. The van der Waals surface area contributed by atoms with E-state index in [1.54, 1.807) is 0 Å². The van der Waals surface area contributed by atoms with Crippen LogP contribution in [0.4, 0.5) is 5.13 Å². The van der Waals surface area contributed by atoms with Crippen LogP contribution in [0.15, 0.2) is 21.8 Å². The normalized spacial score (nSPS) is 22.8. The van der Waals surface area contributed by atoms with Crippen LogP contribution in [0.3, 0.4) is 0 Å². The summed E-state index contributed by atoms with van der Waals surface area (Å²) in [7, 11) is -2.94. The van der Waals surface area contributed by atoms with Crippen LogP contribution in [0.5, 0.6) is 0 Å². The first-order valence-electron chi connectivity index (χ1n) is 9.71. The Hall–Kier alpha value is -3.13. The average molecular weight is 458 g/mol. The number of nitrogen functional groups attached to an aromatic ring is 1. The number of anilines is 1. The number of rotatable bonds is 7. The van der Waals surface area contributed by atoms with Gasteiger partial charge >= 0.3 is 11.9 Å². The van der Waals surface area contributed by atoms with Crippen LogP contribution in [0.1, 0.15) is 16.7 Å². The number of β-lactam (4-membered cyclic amide) rings is 1. The topological polar surface area (TPSA) is 174 Å². The van der Waals surface area contributed by atoms with Crippen LogP contribution in [-0.4, -0.2) is 75.3 Å². The molecule has 12 nitrogen and oxygen atoms in total. The number of nitrogens with two attached hydrogens (primary N) is 1. The fourth-order valence-corrected chi connectivity index (χ4v) is 4.71. The van der Waals surface area contributed by atoms with Gasteiger partial charge in [0.2, 0.25) is 0 Å². The molecular formula is C16H17N5O7S2. The van der Waals surface area contributed by atoms with E-state index in [0.29, 0.717) is 0 Å². The molecule has 4 N–H and O–H groups in total. The zero-order valence-electron chi connectivity index (χ0n) is 18.3. The standard InChI is InChI=1S/C16H17N5O7S2/c1-6(22)28-3-7-4-29-14-10(13(24)21(14)11(7)15(25)26)19-12(23)9(20-27-2)8-5-30-16(17)18-8/h5,10,14H,3-4H2,1-2H3,(H2,17,18)(H,19,23)(H,25,26)/b20-9-/t10-,14-/m1/s1/i2D3. The molecule has 1 fully saturated rings. The second-order valence-corrected chi connectivity index (χ2v) is 8.00. The van der Waals surface area contributed by atoms with Gasteiger partial charge in [0.1, 0.15) is 36.5 Å². The lowest BCUT2D eigenvalue weighted by atomic mass is 10.0. The number of aliphatic carboxylic acids is 1. The average Bonchev–Trinajstić information content (AvgIpc) is 3.14. The van der Waals surface area contributed by atoms with Crippen LogP contribution in [0.2, 0.25) is 0 Å². The van der Waals surface area contributed by atoms with Crippen LogP contribution in [0, 0.1) is 0 Å². The van der Waals surface area contributed by atoms with Crippen LogP contribution >= 0.6 is 23.1 Å². The molecule has 2 amide bonds. The van der Waals surface area contributed by atoms with Gasteiger partial charge in [0.15, 0.2) is 10.8 Å². The van der Waals surface area contributed by atoms with Gasteiger partial charge in [0.05, 0.1) is 4.11 Å². The molecule has 0 aliphatic carbocycles. The quantitative estimate of drug-likeness (QED) is 0.207. The summed E-state index contributed by atoms with van der Waals surface area (Å²) < 4.78 is 26.1. The maximum Gasteiger partial charge on any atom is 0.352 e. The number of carboxylic acid groups (broad SMARTS) is 1. The zero-order valence-corrected chi connectivity index (χ0v) is 16.9. The third kappa shape index (κ3) is 4.09. The minimum Gasteiger partial charge on any atom is -0.477 e. The largest absolute Gasteiger partial charge is 0.477 e. The molecule has 0 aromatic carbocycles. The molecule has 2 atom stereocenters. The van der Waals surface area contributed by atoms with E-state index in [1.807, 2.05) is 0 Å². The van der Waals surface area contributed by atoms with Gasteiger partial charge in [-0.2, -0.15) is 0 Å². The van der Waals surface area contributed by atoms with E-state index in [4.69, 9.17) is 14.6 Å². The summed E-state index contributed by atoms with van der Waals surface area (Å²) in [5.41, 5.74) is 4.90. The number of thiazole rings is 1. The van der Waals surface area contributed by atoms with Crippen molar-refractivity contribution in [2.45, 2.75) is 18.3 Å². The molecular weight excluding hydrogens is 438 g/mol. The number of fused-ring (bicyclic) bond motifs is 1. The highest BCUT2D eigenvalue weighted by Gasteiger charge is 2.54. The number of carbonyl (C=O) groups is 4. The minimum atomic E-state index is -2.94. The Morgan fingerprint density at radius 1 is 1.53 bits per heavy atom. The number of hydrogen-bond acceptors (Lipinski definition) is 11. The molecule has 1 saturated heterocycles. The number of hydrogen-bond donors (Lipinski definition) is 3. The van der Waals surface area contributed by atoms with Gasteiger partial charge in [-0.15, -0.1) is 23.1 Å². The van der Waals surface area contributed by atoms with Crippen molar-refractivity contribution in [3.8, 4) is 0 Å². The first-order valence-corrected chi connectivity index (χ1v) is 10.1. The number of esters is 1. The molecule has 30 heavy (non-hydrogen) atoms. The van der Waals surface area contributed by atoms with Gasteiger partial charge in [0.25, 0.3) is 11.8 Å². The van der Waals surface area contributed by atoms with E-state index >= 15 is 0 Å². The zero-order chi connectivity index (χ0) is 24.5. The van der Waals surface area contributed by atoms with Gasteiger partial charge in [-0.05, 0) is 0 Å². The van der Waals surface area contributed by atoms with Gasteiger partial charge in [-0.3, -0.25) is 19.3 Å². The summed E-state index contributed by atoms with van der Waals surface area (Å²) in [6, 6.07) is -1.12. The smallest absolute Gasteiger partial charge is 0.352 e. The summed E-state index contributed by atoms with van der Waals surface area (Å²) in [4.78, 5) is 57.6. The van der Waals surface area contributed by atoms with Gasteiger partial charge in [-0.25, -0.2) is 9.78 Å². The molecule has 2 aliphatic rings. The summed E-state index contributed by atoms with van der Waals surface area (Å²) in [5.74, 6) is -3.52. The second kappa shape index (κ2) is 8.71. The lowest BCUT2D eigenvalue weighted by molar-refractivity contribution is -0.150. The third-order valence-corrected chi connectivity index (χ3v) is 6.12. The number of carbonyl (C=O) groups excluding carboxylic acids is 3. The first kappa shape index (κ1) is 17.7. The molecule has 0 saturated carbocycles. The van der Waals surface area contributed by atoms with Crippen molar-refractivity contribution in [2.24, 2.45) is 5.16 Å². The highest BCUT2D eigenvalue weighted by Crippen LogP contribution is 2.40. The Bertz CT molecular complexity index is 1070. The first-order chi connectivity index (χ1) is 15.4. The molecule has 0 bridgehead atoms. The highest BCUT2D eigenvalue weighted by atomic mass is 32.2. The maximum absolute atomic E-state index is 12.8. The van der Waals surface area contributed by atoms with E-state index in [2.05, 4.69) is 20.3 Å². The number of nitrogens with zero attached hydrogens (tertiary/aromatic N) is 3. The summed E-state index contributed by atoms with van der Waals surface area (Å²) in [6.45, 7) is 0.886. The van der Waals surface area contributed by atoms with Crippen molar-refractivity contribution >= 4 is 57.7 Å². The van der Waals surface area contributed by atoms with E-state index in [9.17, 15) is 24.3 Å². The molecule has 0 spiro atoms. The van der Waals surface area contributed by atoms with Gasteiger partial charge < -0.3 is 25.7 Å². The second-order valence-electron chi connectivity index (χ2n) is 6.00. The third-order valence-electron chi connectivity index (χ3n) is 4.10. The Morgan fingerprint density at radius 3 is 2.90 bits per heavy atom. The molecule has 160 valence electrons. The molecule has 2 aliphatic heterocycles. The SMILES string of the molecule is [2H]C([2H])([2H])O/N=C(\C(=O)N[C@@H]1C(=O)N2C(C(=O)O)=C(COC(C)=O)CS[C@H]12)c1csc(N)n1. The van der Waals surface area contributed by atoms with Crippen molar-refractivity contribution < 1.29 is 38.0 Å². The highest BCUT2D eigenvalue weighted by molar-refractivity contribution is 8.00. The molecule has 3 heterocycles. The summed E-state index contributed by atoms with van der Waals surface area (Å²) in [6.07, 6.45) is 0. The van der Waals surface area contributed by atoms with E-state index in [1.165, 1.54) is 12.3 Å². The van der Waals surface area contributed by atoms with Crippen LogP contribution in [-0.2, 0) is 28.8 Å². The Kier molecular flexibility index (Phi) is 5.14. The van der Waals surface area contributed by atoms with Crippen molar-refractivity contribution in [3.63, 3.8) is 0 Å². The summed E-state index contributed by atoms with van der Waals surface area (Å²) in [5, 5.41) is 16.0. The number of nitrogens with one attached hydrogen (secondary N) is 1. The van der Waals surface area contributed by atoms with Crippen molar-refractivity contribution in [1.29, 1.82) is 0 Å². The van der Waals surface area contributed by atoms with Crippen molar-refractivity contribution in [3.05, 3.63) is 22.3 Å². The summed E-state index contributed by atoms with van der Waals surface area (Å²) >= 11 is 2.13. The van der Waals surface area contributed by atoms with Crippen LogP contribution < -0.4 is 11.1 Å². The lowest BCUT2D eigenvalue weighted by Crippen LogP contribution is -2.71. The Labute approximate surface area is 182 Å². The fourth-order valence-electron chi connectivity index (χ4n) is 2.84. The van der Waals surface area contributed by atoms with Crippen molar-refractivity contribution in [2.75, 3.05) is 25.1 Å². The minimum absolute atomic E-state index is 0.0611. The number of amides is 2. The maximum atomic E-state index is 12.8. The molecule has 3 rings (SSSR count). The van der Waals surface area contributed by atoms with Gasteiger partial charge in [-0.1, -0.05) is 5.16 Å². The number of thioether (sulfide) groups is 1. The molecule has 1 aromatic rings. The molecule has 0 unspecified atom stereocenters. The Balaban J connectivity index is 1.80. The Morgan fingerprint density at radius 2 is 2.30 bits per heavy atom. The van der Waals surface area contributed by atoms with E-state index < -0.39 is 47.9 Å². The lowest BCUT2D eigenvalue weighted by Gasteiger charge is -2.49. The number of ether oxygens (including phenoxy) is 1. The fraction of sp³-hybridized carbons (Fsp3) is 0.375. The van der Waals surface area contributed by atoms with Gasteiger partial charge in [0, 0.05) is 23.6 Å². The molecule has 14 heteroatoms. The monoisotopic (exact) mass is 458 g/mol. The number of oxime groups is 1. The van der Waals surface area contributed by atoms with E-state index in [-0.39, 0.29) is 34.5 Å². The predicted molar refractivity (Wildman–Crippen MR) is 106 cm³/mol. The number of aromatic nitrogens is 1.